The molecule has 3 aromatic rings. The van der Waals surface area contributed by atoms with Crippen molar-refractivity contribution in [3.05, 3.63) is 47.0 Å². The highest BCUT2D eigenvalue weighted by molar-refractivity contribution is 5.95. The van der Waals surface area contributed by atoms with Crippen molar-refractivity contribution in [2.24, 2.45) is 5.41 Å². The Balaban J connectivity index is 2.01. The Morgan fingerprint density at radius 2 is 1.68 bits per heavy atom. The summed E-state index contributed by atoms with van der Waals surface area (Å²) in [6.07, 6.45) is 0. The summed E-state index contributed by atoms with van der Waals surface area (Å²) in [5, 5.41) is 3.00. The van der Waals surface area contributed by atoms with Crippen molar-refractivity contribution in [3.63, 3.8) is 0 Å². The number of fused-ring (bicyclic) bond motifs is 1. The van der Waals surface area contributed by atoms with Crippen LogP contribution in [0.5, 0.6) is 0 Å². The van der Waals surface area contributed by atoms with Crippen LogP contribution < -0.4 is 5.32 Å². The molecule has 4 heteroatoms. The Hall–Kier alpha value is -2.62. The molecule has 0 fully saturated rings. The van der Waals surface area contributed by atoms with Crippen molar-refractivity contribution < 1.29 is 9.21 Å². The molecule has 1 aromatic heterocycles. The fraction of sp³-hybridized carbons (Fsp3) is 0.333. The van der Waals surface area contributed by atoms with Crippen LogP contribution in [0.15, 0.2) is 34.7 Å². The molecule has 25 heavy (non-hydrogen) atoms. The van der Waals surface area contributed by atoms with Gasteiger partial charge in [0, 0.05) is 16.7 Å². The van der Waals surface area contributed by atoms with Gasteiger partial charge < -0.3 is 9.73 Å². The minimum Gasteiger partial charge on any atom is -0.436 e. The number of benzene rings is 2. The Kier molecular flexibility index (Phi) is 4.15. The second kappa shape index (κ2) is 6.03. The standard InChI is InChI=1S/C21H24N2O2/c1-12-7-8-15(11-16(12)23-20(24)21(4,5)6)19-22-17-9-13(2)14(3)10-18(17)25-19/h7-11H,1-6H3,(H,23,24). The van der Waals surface area contributed by atoms with E-state index in [1.54, 1.807) is 0 Å². The number of nitrogens with one attached hydrogen (secondary N) is 1. The normalized spacial score (nSPS) is 11.8. The van der Waals surface area contributed by atoms with Gasteiger partial charge in [-0.15, -0.1) is 0 Å². The van der Waals surface area contributed by atoms with Crippen LogP contribution in [0.1, 0.15) is 37.5 Å². The van der Waals surface area contributed by atoms with Gasteiger partial charge in [-0.1, -0.05) is 26.8 Å². The van der Waals surface area contributed by atoms with Crippen LogP contribution in [0.3, 0.4) is 0 Å². The average molecular weight is 336 g/mol. The summed E-state index contributed by atoms with van der Waals surface area (Å²) in [5.74, 6) is 0.544. The molecule has 0 atom stereocenters. The molecule has 3 rings (SSSR count). The van der Waals surface area contributed by atoms with E-state index in [1.165, 1.54) is 11.1 Å². The van der Waals surface area contributed by atoms with E-state index in [-0.39, 0.29) is 5.91 Å². The molecule has 4 nitrogen and oxygen atoms in total. The van der Waals surface area contributed by atoms with Gasteiger partial charge in [-0.05, 0) is 61.7 Å². The zero-order valence-electron chi connectivity index (χ0n) is 15.7. The van der Waals surface area contributed by atoms with Crippen molar-refractivity contribution >= 4 is 22.7 Å². The van der Waals surface area contributed by atoms with E-state index >= 15 is 0 Å². The molecule has 0 saturated heterocycles. The third-order valence-corrected chi connectivity index (χ3v) is 4.42. The topological polar surface area (TPSA) is 55.1 Å². The SMILES string of the molecule is Cc1cc2nc(-c3ccc(C)c(NC(=O)C(C)(C)C)c3)oc2cc1C. The molecule has 0 unspecified atom stereocenters. The molecule has 1 amide bonds. The molecule has 1 heterocycles. The summed E-state index contributed by atoms with van der Waals surface area (Å²) in [4.78, 5) is 16.9. The number of aryl methyl sites for hydroxylation is 3. The zero-order valence-corrected chi connectivity index (χ0v) is 15.7. The van der Waals surface area contributed by atoms with Gasteiger partial charge in [0.05, 0.1) is 0 Å². The van der Waals surface area contributed by atoms with Crippen molar-refractivity contribution in [2.45, 2.75) is 41.5 Å². The van der Waals surface area contributed by atoms with E-state index in [1.807, 2.05) is 58.0 Å². The first-order valence-electron chi connectivity index (χ1n) is 8.45. The smallest absolute Gasteiger partial charge is 0.229 e. The number of aromatic nitrogens is 1. The van der Waals surface area contributed by atoms with Crippen LogP contribution >= 0.6 is 0 Å². The zero-order chi connectivity index (χ0) is 18.4. The van der Waals surface area contributed by atoms with Crippen molar-refractivity contribution in [3.8, 4) is 11.5 Å². The molecule has 0 saturated carbocycles. The quantitative estimate of drug-likeness (QED) is 0.681. The predicted molar refractivity (Wildman–Crippen MR) is 102 cm³/mol. The molecule has 0 aliphatic rings. The Bertz CT molecular complexity index is 923. The number of oxazole rings is 1. The number of carbonyl (C=O) groups excluding carboxylic acids is 1. The fourth-order valence-electron chi connectivity index (χ4n) is 2.50. The van der Waals surface area contributed by atoms with Crippen LogP contribution in [0.25, 0.3) is 22.6 Å². The first-order chi connectivity index (χ1) is 11.6. The monoisotopic (exact) mass is 336 g/mol. The number of amides is 1. The molecule has 1 N–H and O–H groups in total. The van der Waals surface area contributed by atoms with Crippen LogP contribution in [0.4, 0.5) is 5.69 Å². The van der Waals surface area contributed by atoms with Crippen molar-refractivity contribution in [1.82, 2.24) is 4.98 Å². The molecule has 0 aliphatic carbocycles. The summed E-state index contributed by atoms with van der Waals surface area (Å²) in [7, 11) is 0. The largest absolute Gasteiger partial charge is 0.436 e. The minimum absolute atomic E-state index is 0.0171. The van der Waals surface area contributed by atoms with E-state index in [0.29, 0.717) is 5.89 Å². The molecule has 2 aromatic carbocycles. The maximum atomic E-state index is 12.3. The van der Waals surface area contributed by atoms with E-state index in [4.69, 9.17) is 4.42 Å². The lowest BCUT2D eigenvalue weighted by Gasteiger charge is -2.19. The fourth-order valence-corrected chi connectivity index (χ4v) is 2.50. The minimum atomic E-state index is -0.449. The lowest BCUT2D eigenvalue weighted by molar-refractivity contribution is -0.123. The predicted octanol–water partition coefficient (Wildman–Crippen LogP) is 5.40. The third kappa shape index (κ3) is 3.43. The van der Waals surface area contributed by atoms with Crippen LogP contribution in [-0.2, 0) is 4.79 Å². The van der Waals surface area contributed by atoms with Gasteiger partial charge in [-0.25, -0.2) is 4.98 Å². The summed E-state index contributed by atoms with van der Waals surface area (Å²) in [5.41, 5.74) is 6.18. The average Bonchev–Trinajstić information content (AvgIpc) is 2.91. The highest BCUT2D eigenvalue weighted by Crippen LogP contribution is 2.30. The number of nitrogens with zero attached hydrogens (tertiary/aromatic N) is 1. The number of rotatable bonds is 2. The van der Waals surface area contributed by atoms with E-state index in [9.17, 15) is 4.79 Å². The molecular weight excluding hydrogens is 312 g/mol. The summed E-state index contributed by atoms with van der Waals surface area (Å²) < 4.78 is 5.93. The first kappa shape index (κ1) is 17.2. The van der Waals surface area contributed by atoms with Gasteiger partial charge in [0.15, 0.2) is 5.58 Å². The van der Waals surface area contributed by atoms with Crippen LogP contribution in [0, 0.1) is 26.2 Å². The number of hydrogen-bond acceptors (Lipinski definition) is 3. The lowest BCUT2D eigenvalue weighted by Crippen LogP contribution is -2.27. The van der Waals surface area contributed by atoms with Gasteiger partial charge in [0.25, 0.3) is 0 Å². The van der Waals surface area contributed by atoms with Crippen LogP contribution in [0.2, 0.25) is 0 Å². The number of anilines is 1. The van der Waals surface area contributed by atoms with Crippen molar-refractivity contribution in [1.29, 1.82) is 0 Å². The maximum absolute atomic E-state index is 12.3. The second-order valence-corrected chi connectivity index (χ2v) is 7.66. The highest BCUT2D eigenvalue weighted by atomic mass is 16.3. The van der Waals surface area contributed by atoms with E-state index in [0.717, 1.165) is 27.9 Å². The van der Waals surface area contributed by atoms with Crippen LogP contribution in [-0.4, -0.2) is 10.9 Å². The molecule has 0 bridgehead atoms. The summed E-state index contributed by atoms with van der Waals surface area (Å²) in [6, 6.07) is 9.90. The maximum Gasteiger partial charge on any atom is 0.229 e. The molecule has 0 spiro atoms. The first-order valence-corrected chi connectivity index (χ1v) is 8.45. The second-order valence-electron chi connectivity index (χ2n) is 7.66. The molecular formula is C21H24N2O2. The summed E-state index contributed by atoms with van der Waals surface area (Å²) >= 11 is 0. The highest BCUT2D eigenvalue weighted by Gasteiger charge is 2.22. The van der Waals surface area contributed by atoms with Crippen molar-refractivity contribution in [2.75, 3.05) is 5.32 Å². The number of carbonyl (C=O) groups is 1. The number of hydrogen-bond donors (Lipinski definition) is 1. The Labute approximate surface area is 148 Å². The lowest BCUT2D eigenvalue weighted by atomic mass is 9.95. The Morgan fingerprint density at radius 1 is 1.00 bits per heavy atom. The van der Waals surface area contributed by atoms with Gasteiger partial charge in [-0.2, -0.15) is 0 Å². The van der Waals surface area contributed by atoms with Gasteiger partial charge in [0.1, 0.15) is 5.52 Å². The molecule has 130 valence electrons. The molecule has 0 aliphatic heterocycles. The van der Waals surface area contributed by atoms with Gasteiger partial charge >= 0.3 is 0 Å². The van der Waals surface area contributed by atoms with E-state index in [2.05, 4.69) is 24.1 Å². The van der Waals surface area contributed by atoms with Gasteiger partial charge in [-0.3, -0.25) is 4.79 Å². The molecule has 0 radical (unpaired) electrons. The third-order valence-electron chi connectivity index (χ3n) is 4.42. The van der Waals surface area contributed by atoms with Gasteiger partial charge in [0.2, 0.25) is 11.8 Å². The van der Waals surface area contributed by atoms with E-state index < -0.39 is 5.41 Å². The Morgan fingerprint density at radius 3 is 2.36 bits per heavy atom. The summed E-state index contributed by atoms with van der Waals surface area (Å²) in [6.45, 7) is 11.8.